The Bertz CT molecular complexity index is 1620. The van der Waals surface area contributed by atoms with Gasteiger partial charge in [0.25, 0.3) is 0 Å². The van der Waals surface area contributed by atoms with E-state index in [1.807, 2.05) is 17.9 Å². The number of nitrogens with zero attached hydrogens (tertiary/aromatic N) is 6. The predicted molar refractivity (Wildman–Crippen MR) is 151 cm³/mol. The van der Waals surface area contributed by atoms with Crippen molar-refractivity contribution < 1.29 is 0 Å². The molecule has 0 radical (unpaired) electrons. The molecule has 3 aromatic heterocycles. The summed E-state index contributed by atoms with van der Waals surface area (Å²) < 4.78 is 6.35. The average molecular weight is 595 g/mol. The van der Waals surface area contributed by atoms with Crippen molar-refractivity contribution in [2.75, 3.05) is 13.1 Å². The molecule has 1 aliphatic heterocycles. The van der Waals surface area contributed by atoms with E-state index in [1.165, 1.54) is 46.4 Å². The first-order valence-electron chi connectivity index (χ1n) is 12.0. The molecule has 0 amide bonds. The monoisotopic (exact) mass is 595 g/mol. The summed E-state index contributed by atoms with van der Waals surface area (Å²) in [6.07, 6.45) is 7.13. The van der Waals surface area contributed by atoms with Crippen LogP contribution in [0.1, 0.15) is 30.1 Å². The number of halogens is 1. The van der Waals surface area contributed by atoms with Crippen LogP contribution in [-0.2, 0) is 14.1 Å². The first-order valence-corrected chi connectivity index (χ1v) is 16.1. The molecular formula is C26H27IN7P. The van der Waals surface area contributed by atoms with Crippen LogP contribution in [0.3, 0.4) is 0 Å². The Hall–Kier alpha value is -2.29. The van der Waals surface area contributed by atoms with E-state index >= 15 is 0 Å². The lowest BCUT2D eigenvalue weighted by molar-refractivity contribution is 0.0321. The molecule has 1 N–H and O–H groups in total. The Morgan fingerprint density at radius 1 is 1.14 bits per heavy atom. The number of fused-ring (bicyclic) bond motifs is 2. The minimum atomic E-state index is 0.504. The number of hydrogen-bond acceptors (Lipinski definition) is 4. The fourth-order valence-electron chi connectivity index (χ4n) is 6.19. The molecule has 35 heavy (non-hydrogen) atoms. The van der Waals surface area contributed by atoms with E-state index < -0.39 is 0 Å². The minimum Gasteiger partial charge on any atom is -0.330 e. The van der Waals surface area contributed by atoms with E-state index in [0.717, 1.165) is 35.2 Å². The van der Waals surface area contributed by atoms with Crippen molar-refractivity contribution in [2.24, 2.45) is 19.5 Å². The number of hydrogen-bond donors (Lipinski definition) is 1. The Labute approximate surface area is 218 Å². The maximum absolute atomic E-state index is 5.38. The zero-order valence-corrected chi connectivity index (χ0v) is 23.2. The lowest BCUT2D eigenvalue weighted by Gasteiger charge is -2.54. The quantitative estimate of drug-likeness (QED) is 0.219. The van der Waals surface area contributed by atoms with Crippen molar-refractivity contribution in [1.82, 2.24) is 34.2 Å². The first kappa shape index (κ1) is 21.9. The molecular weight excluding hydrogens is 568 g/mol. The van der Waals surface area contributed by atoms with Gasteiger partial charge < -0.3 is 9.88 Å². The lowest BCUT2D eigenvalue weighted by atomic mass is 9.58. The van der Waals surface area contributed by atoms with E-state index in [4.69, 9.17) is 10.1 Å². The summed E-state index contributed by atoms with van der Waals surface area (Å²) in [5, 5.41) is 15.1. The third-order valence-electron chi connectivity index (χ3n) is 8.02. The fourth-order valence-corrected chi connectivity index (χ4v) is 7.73. The van der Waals surface area contributed by atoms with Gasteiger partial charge in [-0.3, -0.25) is 4.68 Å². The number of aromatic nitrogens is 6. The Kier molecular flexibility index (Phi) is 4.92. The van der Waals surface area contributed by atoms with E-state index in [1.54, 1.807) is 0 Å². The number of rotatable bonds is 4. The zero-order valence-electron chi connectivity index (χ0n) is 20.0. The van der Waals surface area contributed by atoms with Crippen molar-refractivity contribution in [2.45, 2.75) is 25.7 Å². The molecule has 1 spiro atoms. The van der Waals surface area contributed by atoms with Gasteiger partial charge in [0.1, 0.15) is 5.82 Å². The van der Waals surface area contributed by atoms with Crippen LogP contribution in [0.4, 0.5) is 0 Å². The number of imidazole rings is 1. The Morgan fingerprint density at radius 3 is 2.71 bits per heavy atom. The van der Waals surface area contributed by atoms with Crippen LogP contribution in [0.2, 0.25) is 0 Å². The average Bonchev–Trinajstić information content (AvgIpc) is 3.46. The van der Waals surface area contributed by atoms with Crippen LogP contribution in [0, 0.1) is 12.3 Å². The Balaban J connectivity index is 1.46. The summed E-state index contributed by atoms with van der Waals surface area (Å²) in [7, 11) is 4.18. The maximum atomic E-state index is 5.38. The van der Waals surface area contributed by atoms with Crippen LogP contribution in [0.5, 0.6) is 0 Å². The molecule has 7 rings (SSSR count). The van der Waals surface area contributed by atoms with E-state index in [0.29, 0.717) is 17.7 Å². The van der Waals surface area contributed by atoms with Gasteiger partial charge in [-0.05, 0) is 71.0 Å². The van der Waals surface area contributed by atoms with Gasteiger partial charge in [-0.25, -0.2) is 9.44 Å². The molecule has 4 heterocycles. The smallest absolute Gasteiger partial charge is 0.112 e. The van der Waals surface area contributed by atoms with Gasteiger partial charge in [-0.2, -0.15) is 10.2 Å². The SMILES string of the molecule is Cc1ccc2c(cnn2PI)c1-c1c(-c2ccc3nn(C)cc3c2)nc(C2CC3(CNC3)C2)n1C. The molecule has 2 aliphatic rings. The van der Waals surface area contributed by atoms with Crippen molar-refractivity contribution in [3.05, 3.63) is 54.1 Å². The van der Waals surface area contributed by atoms with Crippen LogP contribution in [0.25, 0.3) is 44.3 Å². The number of benzene rings is 2. The highest BCUT2D eigenvalue weighted by Gasteiger charge is 2.50. The van der Waals surface area contributed by atoms with Gasteiger partial charge in [-0.15, -0.1) is 0 Å². The van der Waals surface area contributed by atoms with Crippen LogP contribution >= 0.6 is 28.4 Å². The summed E-state index contributed by atoms with van der Waals surface area (Å²) in [5.41, 5.74) is 8.57. The summed E-state index contributed by atoms with van der Waals surface area (Å²) in [6.45, 7) is 4.51. The van der Waals surface area contributed by atoms with Crippen LogP contribution in [-0.4, -0.2) is 42.0 Å². The molecule has 9 heteroatoms. The first-order chi connectivity index (χ1) is 17.0. The molecule has 7 nitrogen and oxygen atoms in total. The molecule has 5 aromatic rings. The van der Waals surface area contributed by atoms with Crippen molar-refractivity contribution in [3.8, 4) is 22.5 Å². The standard InChI is InChI=1S/C26H27IN7P/c1-15-4-7-21-19(11-29-34(21)35-27)22(15)24-23(16-5-6-20-17(8-16)12-32(2)31-20)30-25(33(24)3)18-9-26(10-18)13-28-14-26/h4-8,11-12,18,28,35H,9-10,13-14H2,1-3H3. The van der Waals surface area contributed by atoms with E-state index in [-0.39, 0.29) is 0 Å². The molecule has 2 aromatic carbocycles. The van der Waals surface area contributed by atoms with Crippen molar-refractivity contribution in [3.63, 3.8) is 0 Å². The summed E-state index contributed by atoms with van der Waals surface area (Å²) in [6, 6.07) is 11.0. The van der Waals surface area contributed by atoms with Gasteiger partial charge >= 0.3 is 0 Å². The Morgan fingerprint density at radius 2 is 1.97 bits per heavy atom. The fraction of sp³-hybridized carbons (Fsp3) is 0.346. The van der Waals surface area contributed by atoms with Crippen molar-refractivity contribution >= 4 is 50.2 Å². The van der Waals surface area contributed by atoms with Gasteiger partial charge in [0.05, 0.1) is 35.0 Å². The number of nitrogens with one attached hydrogen (secondary N) is 1. The molecule has 1 unspecified atom stereocenters. The number of aryl methyl sites for hydroxylation is 2. The van der Waals surface area contributed by atoms with Gasteiger partial charge in [-0.1, -0.05) is 12.1 Å². The van der Waals surface area contributed by atoms with Gasteiger partial charge in [0.2, 0.25) is 0 Å². The predicted octanol–water partition coefficient (Wildman–Crippen LogP) is 5.56. The second kappa shape index (κ2) is 7.85. The molecule has 1 saturated heterocycles. The third-order valence-corrected chi connectivity index (χ3v) is 9.91. The second-order valence-corrected chi connectivity index (χ2v) is 12.4. The van der Waals surface area contributed by atoms with Gasteiger partial charge in [0, 0.05) is 61.2 Å². The molecule has 1 saturated carbocycles. The summed E-state index contributed by atoms with van der Waals surface area (Å²) >= 11 is 2.40. The highest BCUT2D eigenvalue weighted by molar-refractivity contribution is 14.2. The maximum Gasteiger partial charge on any atom is 0.112 e. The van der Waals surface area contributed by atoms with Crippen LogP contribution in [0.15, 0.2) is 42.7 Å². The second-order valence-electron chi connectivity index (χ2n) is 10.3. The normalized spacial score (nSPS) is 17.7. The molecule has 0 bridgehead atoms. The molecule has 178 valence electrons. The van der Waals surface area contributed by atoms with Crippen molar-refractivity contribution in [1.29, 1.82) is 0 Å². The molecule has 1 atom stereocenters. The van der Waals surface area contributed by atoms with Gasteiger partial charge in [0.15, 0.2) is 0 Å². The largest absolute Gasteiger partial charge is 0.330 e. The highest BCUT2D eigenvalue weighted by atomic mass is 127. The molecule has 1 aliphatic carbocycles. The van der Waals surface area contributed by atoms with Crippen LogP contribution < -0.4 is 5.32 Å². The highest BCUT2D eigenvalue weighted by Crippen LogP contribution is 2.54. The van der Waals surface area contributed by atoms with E-state index in [9.17, 15) is 0 Å². The topological polar surface area (TPSA) is 65.5 Å². The summed E-state index contributed by atoms with van der Waals surface area (Å²) in [4.78, 5) is 5.38. The third kappa shape index (κ3) is 3.26. The zero-order chi connectivity index (χ0) is 23.9. The minimum absolute atomic E-state index is 0.504. The lowest BCUT2D eigenvalue weighted by Crippen LogP contribution is -2.59. The summed E-state index contributed by atoms with van der Waals surface area (Å²) in [5.74, 6) is 1.72. The van der Waals surface area contributed by atoms with E-state index in [2.05, 4.69) is 92.0 Å². The molecule has 2 fully saturated rings.